The Balaban J connectivity index is 1.34. The highest BCUT2D eigenvalue weighted by molar-refractivity contribution is 5.84. The second-order valence-electron chi connectivity index (χ2n) is 10.7. The first kappa shape index (κ1) is 29.6. The fourth-order valence-electron chi connectivity index (χ4n) is 5.04. The summed E-state index contributed by atoms with van der Waals surface area (Å²) >= 11 is 0. The van der Waals surface area contributed by atoms with Crippen LogP contribution in [0.25, 0.3) is 0 Å². The zero-order valence-corrected chi connectivity index (χ0v) is 21.9. The van der Waals surface area contributed by atoms with Crippen LogP contribution in [0, 0.1) is 5.41 Å². The number of nitrogens with one attached hydrogen (secondary N) is 2. The maximum Gasteiger partial charge on any atom is 0.423 e. The lowest BCUT2D eigenvalue weighted by Gasteiger charge is -2.37. The van der Waals surface area contributed by atoms with E-state index in [1.165, 1.54) is 0 Å². The van der Waals surface area contributed by atoms with E-state index < -0.39 is 52.3 Å². The molecule has 0 unspecified atom stereocenters. The summed E-state index contributed by atoms with van der Waals surface area (Å²) in [6.07, 6.45) is -6.80. The Morgan fingerprint density at radius 2 is 1.70 bits per heavy atom. The third-order valence-electron chi connectivity index (χ3n) is 7.00. The SMILES string of the molecule is C[C@@H](CO[C@H]1C(=O)N(C2CCN(c3ncc(C(F)(F)F)cn3)CC2)CC1(C)C)Nc1cn[nH]c(=O)c1C(F)(F)F. The first-order chi connectivity index (χ1) is 18.6. The number of nitrogens with zero attached hydrogens (tertiary/aromatic N) is 5. The van der Waals surface area contributed by atoms with Gasteiger partial charge in [-0.25, -0.2) is 15.1 Å². The fraction of sp³-hybridized carbons (Fsp3) is 0.625. The summed E-state index contributed by atoms with van der Waals surface area (Å²) in [4.78, 5) is 36.2. The van der Waals surface area contributed by atoms with Gasteiger partial charge in [0.2, 0.25) is 5.95 Å². The molecule has 0 aliphatic carbocycles. The number of hydrogen-bond acceptors (Lipinski definition) is 8. The van der Waals surface area contributed by atoms with Crippen molar-refractivity contribution in [3.63, 3.8) is 0 Å². The van der Waals surface area contributed by atoms with Crippen LogP contribution in [-0.2, 0) is 21.9 Å². The summed E-state index contributed by atoms with van der Waals surface area (Å²) in [7, 11) is 0. The van der Waals surface area contributed by atoms with E-state index in [9.17, 15) is 35.9 Å². The molecule has 2 atom stereocenters. The Labute approximate surface area is 225 Å². The van der Waals surface area contributed by atoms with Gasteiger partial charge >= 0.3 is 12.4 Å². The first-order valence-corrected chi connectivity index (χ1v) is 12.6. The topological polar surface area (TPSA) is 116 Å². The number of piperidine rings is 1. The minimum Gasteiger partial charge on any atom is -0.378 e. The monoisotopic (exact) mass is 577 g/mol. The molecular weight excluding hydrogens is 548 g/mol. The van der Waals surface area contributed by atoms with Crippen molar-refractivity contribution in [2.24, 2.45) is 5.41 Å². The highest BCUT2D eigenvalue weighted by atomic mass is 19.4. The van der Waals surface area contributed by atoms with E-state index in [1.807, 2.05) is 13.8 Å². The number of aromatic nitrogens is 4. The Morgan fingerprint density at radius 3 is 2.27 bits per heavy atom. The predicted octanol–water partition coefficient (Wildman–Crippen LogP) is 3.32. The summed E-state index contributed by atoms with van der Waals surface area (Å²) < 4.78 is 84.2. The summed E-state index contributed by atoms with van der Waals surface area (Å²) in [5, 5.41) is 7.80. The minimum atomic E-state index is -4.89. The van der Waals surface area contributed by atoms with Crippen LogP contribution in [0.5, 0.6) is 0 Å². The standard InChI is InChI=1S/C24H29F6N7O3/c1-13(34-16-10-33-35-19(38)17(16)24(28,29)30)11-40-18-20(39)37(12-22(18,2)3)15-4-6-36(7-5-15)21-31-8-14(9-32-21)23(25,26)27/h8-10,13,15,18H,4-7,11-12H2,1-3H3,(H2,34,35,38)/t13-,18-/m0/s1. The molecule has 2 N–H and O–H groups in total. The predicted molar refractivity (Wildman–Crippen MR) is 130 cm³/mol. The summed E-state index contributed by atoms with van der Waals surface area (Å²) in [6.45, 7) is 6.46. The van der Waals surface area contributed by atoms with Gasteiger partial charge in [-0.15, -0.1) is 0 Å². The molecule has 4 rings (SSSR count). The molecule has 0 spiro atoms. The largest absolute Gasteiger partial charge is 0.423 e. The van der Waals surface area contributed by atoms with Gasteiger partial charge in [-0.2, -0.15) is 31.4 Å². The highest BCUT2D eigenvalue weighted by Crippen LogP contribution is 2.37. The molecule has 0 radical (unpaired) electrons. The molecule has 0 bridgehead atoms. The highest BCUT2D eigenvalue weighted by Gasteiger charge is 2.49. The number of aromatic amines is 1. The number of anilines is 2. The molecule has 220 valence electrons. The van der Waals surface area contributed by atoms with Crippen LogP contribution in [0.1, 0.15) is 44.7 Å². The Hall–Kier alpha value is -3.43. The van der Waals surface area contributed by atoms with Crippen molar-refractivity contribution in [3.05, 3.63) is 40.1 Å². The smallest absolute Gasteiger partial charge is 0.378 e. The molecule has 2 fully saturated rings. The maximum absolute atomic E-state index is 13.3. The van der Waals surface area contributed by atoms with Gasteiger partial charge in [0.25, 0.3) is 11.5 Å². The summed E-state index contributed by atoms with van der Waals surface area (Å²) in [5.41, 5.74) is -4.78. The van der Waals surface area contributed by atoms with Crippen LogP contribution in [0.15, 0.2) is 23.4 Å². The van der Waals surface area contributed by atoms with E-state index >= 15 is 0 Å². The average molecular weight is 578 g/mol. The van der Waals surface area contributed by atoms with Gasteiger partial charge in [0.05, 0.1) is 24.1 Å². The number of alkyl halides is 6. The zero-order valence-electron chi connectivity index (χ0n) is 21.9. The fourth-order valence-corrected chi connectivity index (χ4v) is 5.04. The second-order valence-corrected chi connectivity index (χ2v) is 10.7. The van der Waals surface area contributed by atoms with Crippen molar-refractivity contribution in [1.29, 1.82) is 0 Å². The molecule has 1 amide bonds. The van der Waals surface area contributed by atoms with Gasteiger partial charge in [-0.3, -0.25) is 9.59 Å². The van der Waals surface area contributed by atoms with E-state index in [1.54, 1.807) is 21.8 Å². The molecule has 2 aliphatic rings. The maximum atomic E-state index is 13.3. The van der Waals surface area contributed by atoms with Crippen LogP contribution in [0.4, 0.5) is 38.0 Å². The van der Waals surface area contributed by atoms with Gasteiger partial charge in [0, 0.05) is 49.5 Å². The molecule has 2 aromatic rings. The van der Waals surface area contributed by atoms with E-state index in [0.29, 0.717) is 32.5 Å². The van der Waals surface area contributed by atoms with Crippen LogP contribution in [0.3, 0.4) is 0 Å². The van der Waals surface area contributed by atoms with Crippen LogP contribution < -0.4 is 15.8 Å². The van der Waals surface area contributed by atoms with Crippen molar-refractivity contribution in [2.45, 2.75) is 64.2 Å². The van der Waals surface area contributed by atoms with Crippen LogP contribution in [0.2, 0.25) is 0 Å². The van der Waals surface area contributed by atoms with Crippen molar-refractivity contribution >= 4 is 17.5 Å². The molecule has 40 heavy (non-hydrogen) atoms. The normalized spacial score (nSPS) is 21.1. The lowest BCUT2D eigenvalue weighted by atomic mass is 9.89. The number of likely N-dealkylation sites (tertiary alicyclic amines) is 1. The van der Waals surface area contributed by atoms with Gasteiger partial charge in [-0.1, -0.05) is 13.8 Å². The summed E-state index contributed by atoms with van der Waals surface area (Å²) in [5.74, 6) is -0.0539. The molecule has 10 nitrogen and oxygen atoms in total. The third kappa shape index (κ3) is 6.31. The Kier molecular flexibility index (Phi) is 8.02. The number of carbonyl (C=O) groups excluding carboxylic acids is 1. The van der Waals surface area contributed by atoms with Crippen molar-refractivity contribution < 1.29 is 35.9 Å². The molecule has 2 aliphatic heterocycles. The lowest BCUT2D eigenvalue weighted by molar-refractivity contribution is -0.141. The van der Waals surface area contributed by atoms with Crippen molar-refractivity contribution in [2.75, 3.05) is 36.5 Å². The number of rotatable bonds is 7. The molecule has 0 aromatic carbocycles. The number of hydrogen-bond donors (Lipinski definition) is 2. The van der Waals surface area contributed by atoms with E-state index in [2.05, 4.69) is 20.4 Å². The molecule has 0 saturated carbocycles. The lowest BCUT2D eigenvalue weighted by Crippen LogP contribution is -2.47. The number of ether oxygens (including phenoxy) is 1. The minimum absolute atomic E-state index is 0.110. The van der Waals surface area contributed by atoms with Gasteiger partial charge in [-0.05, 0) is 19.8 Å². The molecule has 2 aromatic heterocycles. The van der Waals surface area contributed by atoms with E-state index in [-0.39, 0.29) is 24.5 Å². The molecule has 16 heteroatoms. The molecule has 2 saturated heterocycles. The first-order valence-electron chi connectivity index (χ1n) is 12.6. The van der Waals surface area contributed by atoms with Crippen molar-refractivity contribution in [3.8, 4) is 0 Å². The van der Waals surface area contributed by atoms with Crippen molar-refractivity contribution in [1.82, 2.24) is 25.1 Å². The third-order valence-corrected chi connectivity index (χ3v) is 7.00. The van der Waals surface area contributed by atoms with E-state index in [0.717, 1.165) is 18.6 Å². The van der Waals surface area contributed by atoms with E-state index in [4.69, 9.17) is 4.74 Å². The van der Waals surface area contributed by atoms with Gasteiger partial charge in [0.1, 0.15) is 11.7 Å². The number of carbonyl (C=O) groups is 1. The Morgan fingerprint density at radius 1 is 1.07 bits per heavy atom. The molecular formula is C24H29F6N7O3. The second kappa shape index (κ2) is 10.9. The number of H-pyrrole nitrogens is 1. The van der Waals surface area contributed by atoms with Gasteiger partial charge < -0.3 is 19.9 Å². The Bertz CT molecular complexity index is 1260. The average Bonchev–Trinajstić information content (AvgIpc) is 3.09. The summed E-state index contributed by atoms with van der Waals surface area (Å²) in [6, 6.07) is -0.813. The van der Waals surface area contributed by atoms with Crippen LogP contribution in [-0.4, -0.2) is 75.4 Å². The molecule has 4 heterocycles. The van der Waals surface area contributed by atoms with Crippen LogP contribution >= 0.6 is 0 Å². The number of halogens is 6. The zero-order chi connectivity index (χ0) is 29.5. The number of amides is 1. The quantitative estimate of drug-likeness (QED) is 0.482. The van der Waals surface area contributed by atoms with Gasteiger partial charge in [0.15, 0.2) is 0 Å².